The average Bonchev–Trinajstić information content (AvgIpc) is 2.85. The molecule has 0 saturated heterocycles. The normalized spacial score (nSPS) is 27.8. The van der Waals surface area contributed by atoms with Gasteiger partial charge in [-0.05, 0) is 29.9 Å². The highest BCUT2D eigenvalue weighted by Crippen LogP contribution is 2.47. The van der Waals surface area contributed by atoms with Crippen molar-refractivity contribution in [1.29, 1.82) is 0 Å². The van der Waals surface area contributed by atoms with Gasteiger partial charge in [0.25, 0.3) is 0 Å². The Bertz CT molecular complexity index is 548. The first kappa shape index (κ1) is 12.3. The predicted molar refractivity (Wildman–Crippen MR) is 75.6 cm³/mol. The molecule has 3 nitrogen and oxygen atoms in total. The third-order valence-corrected chi connectivity index (χ3v) is 4.39. The summed E-state index contributed by atoms with van der Waals surface area (Å²) in [5.41, 5.74) is 2.35. The van der Waals surface area contributed by atoms with Crippen molar-refractivity contribution in [2.24, 2.45) is 11.8 Å². The lowest BCUT2D eigenvalue weighted by Crippen LogP contribution is -2.40. The van der Waals surface area contributed by atoms with E-state index >= 15 is 0 Å². The summed E-state index contributed by atoms with van der Waals surface area (Å²) in [5, 5.41) is 12.8. The molecule has 3 rings (SSSR count). The fourth-order valence-corrected chi connectivity index (χ4v) is 3.50. The maximum atomic E-state index is 11.4. The lowest BCUT2D eigenvalue weighted by Gasteiger charge is -2.40. The highest BCUT2D eigenvalue weighted by Gasteiger charge is 2.39. The number of para-hydroxylation sites is 1. The molecule has 0 fully saturated rings. The number of aromatic carboxylic acids is 1. The number of benzene rings is 1. The van der Waals surface area contributed by atoms with Gasteiger partial charge in [0.2, 0.25) is 0 Å². The molecule has 1 heterocycles. The Morgan fingerprint density at radius 3 is 2.89 bits per heavy atom. The van der Waals surface area contributed by atoms with Crippen molar-refractivity contribution >= 4 is 11.7 Å². The minimum absolute atomic E-state index is 0.341. The van der Waals surface area contributed by atoms with Gasteiger partial charge in [-0.2, -0.15) is 0 Å². The summed E-state index contributed by atoms with van der Waals surface area (Å²) in [6, 6.07) is 5.93. The fraction of sp³-hybridized carbons (Fsp3) is 0.438. The van der Waals surface area contributed by atoms with Crippen LogP contribution in [-0.4, -0.2) is 17.1 Å². The summed E-state index contributed by atoms with van der Waals surface area (Å²) in [4.78, 5) is 11.4. The number of fused-ring (bicyclic) bond motifs is 3. The number of carbonyl (C=O) groups is 1. The maximum Gasteiger partial charge on any atom is 0.337 e. The van der Waals surface area contributed by atoms with E-state index in [0.717, 1.165) is 17.7 Å². The van der Waals surface area contributed by atoms with E-state index in [9.17, 15) is 9.90 Å². The molecule has 0 bridgehead atoms. The number of anilines is 1. The molecule has 1 aromatic carbocycles. The number of nitrogens with one attached hydrogen (secondary N) is 1. The number of carboxylic acids is 1. The number of rotatable bonds is 2. The van der Waals surface area contributed by atoms with E-state index < -0.39 is 5.97 Å². The van der Waals surface area contributed by atoms with Crippen LogP contribution in [0.1, 0.15) is 42.1 Å². The van der Waals surface area contributed by atoms with Gasteiger partial charge in [0.05, 0.1) is 11.3 Å². The first-order chi connectivity index (χ1) is 9.09. The Morgan fingerprint density at radius 1 is 1.42 bits per heavy atom. The molecule has 2 N–H and O–H groups in total. The minimum Gasteiger partial charge on any atom is -0.478 e. The predicted octanol–water partition coefficient (Wildman–Crippen LogP) is 3.49. The van der Waals surface area contributed by atoms with Crippen LogP contribution in [0, 0.1) is 11.8 Å². The van der Waals surface area contributed by atoms with Gasteiger partial charge in [-0.3, -0.25) is 0 Å². The van der Waals surface area contributed by atoms with Crippen molar-refractivity contribution in [3.05, 3.63) is 41.5 Å². The molecule has 1 aliphatic heterocycles. The van der Waals surface area contributed by atoms with Crippen molar-refractivity contribution in [3.63, 3.8) is 0 Å². The zero-order valence-corrected chi connectivity index (χ0v) is 11.3. The number of carboxylic acid groups (broad SMARTS) is 1. The first-order valence-electron chi connectivity index (χ1n) is 6.89. The average molecular weight is 257 g/mol. The molecule has 0 aromatic heterocycles. The second-order valence-corrected chi connectivity index (χ2v) is 5.84. The van der Waals surface area contributed by atoms with Crippen molar-refractivity contribution in [2.45, 2.75) is 32.2 Å². The first-order valence-corrected chi connectivity index (χ1v) is 6.89. The molecular formula is C16H19NO2. The summed E-state index contributed by atoms with van der Waals surface area (Å²) < 4.78 is 0. The molecule has 1 aliphatic carbocycles. The van der Waals surface area contributed by atoms with E-state index in [2.05, 4.69) is 37.4 Å². The molecule has 0 radical (unpaired) electrons. The minimum atomic E-state index is -0.854. The summed E-state index contributed by atoms with van der Waals surface area (Å²) >= 11 is 0. The SMILES string of the molecule is CC(C)[C@@H]1Nc2c(C(=O)O)cccc2[C@H]2C=CC[C@H]21. The maximum absolute atomic E-state index is 11.4. The molecule has 3 atom stereocenters. The molecule has 19 heavy (non-hydrogen) atoms. The topological polar surface area (TPSA) is 49.3 Å². The van der Waals surface area contributed by atoms with Gasteiger partial charge in [0.1, 0.15) is 0 Å². The zero-order valence-electron chi connectivity index (χ0n) is 11.3. The largest absolute Gasteiger partial charge is 0.478 e. The number of hydrogen-bond donors (Lipinski definition) is 2. The van der Waals surface area contributed by atoms with E-state index in [1.807, 2.05) is 6.07 Å². The third kappa shape index (κ3) is 1.84. The smallest absolute Gasteiger partial charge is 0.337 e. The molecule has 0 unspecified atom stereocenters. The summed E-state index contributed by atoms with van der Waals surface area (Å²) in [6.07, 6.45) is 5.55. The van der Waals surface area contributed by atoms with Crippen LogP contribution in [0.2, 0.25) is 0 Å². The second-order valence-electron chi connectivity index (χ2n) is 5.84. The van der Waals surface area contributed by atoms with E-state index in [1.165, 1.54) is 0 Å². The Labute approximate surface area is 113 Å². The van der Waals surface area contributed by atoms with E-state index in [0.29, 0.717) is 29.4 Å². The van der Waals surface area contributed by atoms with Gasteiger partial charge in [-0.25, -0.2) is 4.79 Å². The molecule has 0 amide bonds. The highest BCUT2D eigenvalue weighted by atomic mass is 16.4. The molecule has 0 spiro atoms. The molecule has 2 aliphatic rings. The van der Waals surface area contributed by atoms with Crippen molar-refractivity contribution in [3.8, 4) is 0 Å². The Kier molecular flexibility index (Phi) is 2.85. The summed E-state index contributed by atoms with van der Waals surface area (Å²) in [6.45, 7) is 4.39. The highest BCUT2D eigenvalue weighted by molar-refractivity contribution is 5.95. The monoisotopic (exact) mass is 257 g/mol. The lowest BCUT2D eigenvalue weighted by molar-refractivity contribution is 0.0697. The van der Waals surface area contributed by atoms with E-state index in [1.54, 1.807) is 6.07 Å². The molecule has 3 heteroatoms. The standard InChI is InChI=1S/C16H19NO2/c1-9(2)14-11-6-3-5-10(11)12-7-4-8-13(16(18)19)15(12)17-14/h3-5,7-11,14,17H,6H2,1-2H3,(H,18,19)/t10-,11+,14-/m0/s1. The quantitative estimate of drug-likeness (QED) is 0.797. The summed E-state index contributed by atoms with van der Waals surface area (Å²) in [7, 11) is 0. The van der Waals surface area contributed by atoms with Crippen LogP contribution in [-0.2, 0) is 0 Å². The van der Waals surface area contributed by atoms with Crippen LogP contribution >= 0.6 is 0 Å². The van der Waals surface area contributed by atoms with E-state index in [4.69, 9.17) is 0 Å². The van der Waals surface area contributed by atoms with Crippen molar-refractivity contribution < 1.29 is 9.90 Å². The Hall–Kier alpha value is -1.77. The van der Waals surface area contributed by atoms with Gasteiger partial charge in [0.15, 0.2) is 0 Å². The van der Waals surface area contributed by atoms with E-state index in [-0.39, 0.29) is 0 Å². The van der Waals surface area contributed by atoms with Gasteiger partial charge >= 0.3 is 5.97 Å². The Morgan fingerprint density at radius 2 is 2.21 bits per heavy atom. The van der Waals surface area contributed by atoms with Crippen LogP contribution in [0.25, 0.3) is 0 Å². The van der Waals surface area contributed by atoms with Crippen LogP contribution in [0.4, 0.5) is 5.69 Å². The van der Waals surface area contributed by atoms with Crippen LogP contribution in [0.5, 0.6) is 0 Å². The van der Waals surface area contributed by atoms with Crippen molar-refractivity contribution in [2.75, 3.05) is 5.32 Å². The van der Waals surface area contributed by atoms with Crippen LogP contribution < -0.4 is 5.32 Å². The molecular weight excluding hydrogens is 238 g/mol. The van der Waals surface area contributed by atoms with Gasteiger partial charge in [0, 0.05) is 12.0 Å². The Balaban J connectivity index is 2.13. The number of hydrogen-bond acceptors (Lipinski definition) is 2. The van der Waals surface area contributed by atoms with Gasteiger partial charge < -0.3 is 10.4 Å². The van der Waals surface area contributed by atoms with Crippen LogP contribution in [0.3, 0.4) is 0 Å². The zero-order chi connectivity index (χ0) is 13.6. The third-order valence-electron chi connectivity index (χ3n) is 4.39. The fourth-order valence-electron chi connectivity index (χ4n) is 3.50. The molecule has 1 aromatic rings. The van der Waals surface area contributed by atoms with Crippen molar-refractivity contribution in [1.82, 2.24) is 0 Å². The van der Waals surface area contributed by atoms with Gasteiger partial charge in [-0.1, -0.05) is 38.1 Å². The number of allylic oxidation sites excluding steroid dienone is 2. The molecule has 100 valence electrons. The lowest BCUT2D eigenvalue weighted by atomic mass is 9.75. The van der Waals surface area contributed by atoms with Crippen LogP contribution in [0.15, 0.2) is 30.4 Å². The van der Waals surface area contributed by atoms with Gasteiger partial charge in [-0.15, -0.1) is 0 Å². The molecule has 0 saturated carbocycles. The second kappa shape index (κ2) is 4.41. The summed E-state index contributed by atoms with van der Waals surface area (Å²) in [5.74, 6) is 0.550.